The summed E-state index contributed by atoms with van der Waals surface area (Å²) in [6, 6.07) is 33.8. The van der Waals surface area contributed by atoms with Gasteiger partial charge >= 0.3 is 6.15 Å². The molecule has 6 rings (SSSR count). The Hall–Kier alpha value is -4.80. The van der Waals surface area contributed by atoms with Crippen molar-refractivity contribution in [3.63, 3.8) is 0 Å². The van der Waals surface area contributed by atoms with Crippen LogP contribution in [0.25, 0.3) is 22.2 Å². The maximum Gasteiger partial charge on any atom is 0.373 e. The number of hydrogen-bond acceptors (Lipinski definition) is 4. The van der Waals surface area contributed by atoms with Gasteiger partial charge in [0.15, 0.2) is 0 Å². The van der Waals surface area contributed by atoms with E-state index in [2.05, 4.69) is 96.5 Å². The standard InChI is InChI=1S/C35H35N3O.CO2/c1-23(2)29-10-7-11-30(20-29)34(28-16-17-28)37-35(39)31-18-19-33-32(21-31)36-24(3)38(33)22-25-12-14-27(15-13-25)26-8-5-4-6-9-26;2-1-3/h4-15,18-21,23,28,34H,16-17,22H2,1-3H3,(H,37,39);/t34-;/m0./s1. The zero-order chi connectivity index (χ0) is 29.6. The van der Waals surface area contributed by atoms with Crippen molar-refractivity contribution in [3.8, 4) is 11.1 Å². The number of aryl methyl sites for hydroxylation is 1. The Labute approximate surface area is 246 Å². The number of nitrogens with one attached hydrogen (secondary N) is 1. The molecule has 1 atom stereocenters. The molecule has 0 spiro atoms. The molecule has 6 heteroatoms. The van der Waals surface area contributed by atoms with Gasteiger partial charge in [-0.15, -0.1) is 0 Å². The van der Waals surface area contributed by atoms with E-state index in [0.29, 0.717) is 17.4 Å². The third-order valence-corrected chi connectivity index (χ3v) is 7.92. The number of hydrogen-bond donors (Lipinski definition) is 1. The summed E-state index contributed by atoms with van der Waals surface area (Å²) >= 11 is 0. The molecule has 0 bridgehead atoms. The SMILES string of the molecule is Cc1nc2cc(C(=O)N[C@H](c3cccc(C(C)C)c3)C3CC3)ccc2n1Cc1ccc(-c2ccccc2)cc1.O=C=O. The summed E-state index contributed by atoms with van der Waals surface area (Å²) in [7, 11) is 0. The lowest BCUT2D eigenvalue weighted by Gasteiger charge is -2.20. The van der Waals surface area contributed by atoms with Crippen LogP contribution in [-0.4, -0.2) is 21.6 Å². The molecule has 0 aliphatic heterocycles. The largest absolute Gasteiger partial charge is 0.373 e. The molecule has 42 heavy (non-hydrogen) atoms. The van der Waals surface area contributed by atoms with Crippen LogP contribution in [0.3, 0.4) is 0 Å². The maximum absolute atomic E-state index is 13.4. The van der Waals surface area contributed by atoms with Gasteiger partial charge in [0.1, 0.15) is 5.82 Å². The molecule has 1 amide bonds. The normalized spacial score (nSPS) is 13.2. The first-order chi connectivity index (χ1) is 20.4. The van der Waals surface area contributed by atoms with Crippen LogP contribution < -0.4 is 5.32 Å². The zero-order valence-electron chi connectivity index (χ0n) is 24.2. The summed E-state index contributed by atoms with van der Waals surface area (Å²) in [6.07, 6.45) is 2.57. The summed E-state index contributed by atoms with van der Waals surface area (Å²) in [6.45, 7) is 7.18. The first-order valence-corrected chi connectivity index (χ1v) is 14.4. The Balaban J connectivity index is 0.00000113. The highest BCUT2D eigenvalue weighted by atomic mass is 16.2. The molecule has 1 fully saturated rings. The molecule has 0 radical (unpaired) electrons. The minimum atomic E-state index is -0.0348. The molecule has 1 saturated carbocycles. The molecular weight excluding hydrogens is 522 g/mol. The number of amides is 1. The van der Waals surface area contributed by atoms with Crippen molar-refractivity contribution < 1.29 is 14.4 Å². The molecular formula is C36H35N3O3. The maximum atomic E-state index is 13.4. The number of carbonyl (C=O) groups is 1. The molecule has 1 aromatic heterocycles. The second kappa shape index (κ2) is 12.8. The number of aromatic nitrogens is 2. The molecule has 0 saturated heterocycles. The molecule has 1 heterocycles. The highest BCUT2D eigenvalue weighted by molar-refractivity contribution is 5.97. The van der Waals surface area contributed by atoms with E-state index >= 15 is 0 Å². The highest BCUT2D eigenvalue weighted by Crippen LogP contribution is 2.41. The van der Waals surface area contributed by atoms with E-state index in [0.717, 1.165) is 36.2 Å². The van der Waals surface area contributed by atoms with Gasteiger partial charge in [0.2, 0.25) is 0 Å². The second-order valence-electron chi connectivity index (χ2n) is 11.2. The van der Waals surface area contributed by atoms with Gasteiger partial charge in [0.25, 0.3) is 5.91 Å². The van der Waals surface area contributed by atoms with Crippen LogP contribution in [0.1, 0.15) is 71.5 Å². The number of benzene rings is 4. The van der Waals surface area contributed by atoms with Crippen LogP contribution in [0, 0.1) is 12.8 Å². The van der Waals surface area contributed by atoms with E-state index in [9.17, 15) is 4.79 Å². The second-order valence-corrected chi connectivity index (χ2v) is 11.2. The van der Waals surface area contributed by atoms with Crippen molar-refractivity contribution in [2.45, 2.75) is 52.1 Å². The van der Waals surface area contributed by atoms with Crippen LogP contribution in [0.4, 0.5) is 0 Å². The van der Waals surface area contributed by atoms with E-state index in [1.807, 2.05) is 31.2 Å². The quantitative estimate of drug-likeness (QED) is 0.214. The van der Waals surface area contributed by atoms with Crippen LogP contribution in [-0.2, 0) is 16.1 Å². The monoisotopic (exact) mass is 557 g/mol. The molecule has 1 aliphatic carbocycles. The Morgan fingerprint density at radius 3 is 2.21 bits per heavy atom. The summed E-state index contributed by atoms with van der Waals surface area (Å²) in [5.74, 6) is 1.88. The van der Waals surface area contributed by atoms with Gasteiger partial charge in [0, 0.05) is 12.1 Å². The van der Waals surface area contributed by atoms with Gasteiger partial charge in [-0.1, -0.05) is 92.7 Å². The fourth-order valence-electron chi connectivity index (χ4n) is 5.45. The summed E-state index contributed by atoms with van der Waals surface area (Å²) in [5, 5.41) is 3.35. The molecule has 212 valence electrons. The Bertz CT molecular complexity index is 1710. The molecule has 1 aliphatic rings. The topological polar surface area (TPSA) is 81.1 Å². The first-order valence-electron chi connectivity index (χ1n) is 14.4. The van der Waals surface area contributed by atoms with Gasteiger partial charge in [-0.2, -0.15) is 9.59 Å². The van der Waals surface area contributed by atoms with Gasteiger partial charge in [0.05, 0.1) is 17.1 Å². The Kier molecular flexibility index (Phi) is 8.75. The summed E-state index contributed by atoms with van der Waals surface area (Å²) < 4.78 is 2.22. The van der Waals surface area contributed by atoms with Crippen molar-refractivity contribution >= 4 is 23.1 Å². The fraction of sp³-hybridized carbons (Fsp3) is 0.250. The minimum absolute atomic E-state index is 0.0348. The Morgan fingerprint density at radius 2 is 1.55 bits per heavy atom. The third kappa shape index (κ3) is 6.56. The smallest absolute Gasteiger partial charge is 0.345 e. The molecule has 5 aromatic rings. The third-order valence-electron chi connectivity index (χ3n) is 7.92. The van der Waals surface area contributed by atoms with Gasteiger partial charge in [-0.05, 0) is 77.6 Å². The van der Waals surface area contributed by atoms with E-state index < -0.39 is 0 Å². The number of carbonyl (C=O) groups excluding carboxylic acids is 3. The zero-order valence-corrected chi connectivity index (χ0v) is 24.2. The molecule has 0 unspecified atom stereocenters. The number of rotatable bonds is 8. The van der Waals surface area contributed by atoms with Crippen molar-refractivity contribution in [2.24, 2.45) is 5.92 Å². The lowest BCUT2D eigenvalue weighted by molar-refractivity contribution is -0.191. The lowest BCUT2D eigenvalue weighted by atomic mass is 9.95. The van der Waals surface area contributed by atoms with Crippen molar-refractivity contribution in [1.29, 1.82) is 0 Å². The number of nitrogens with zero attached hydrogens (tertiary/aromatic N) is 2. The summed E-state index contributed by atoms with van der Waals surface area (Å²) in [4.78, 5) is 34.5. The van der Waals surface area contributed by atoms with Crippen LogP contribution in [0.15, 0.2) is 97.1 Å². The molecule has 4 aromatic carbocycles. The van der Waals surface area contributed by atoms with Gasteiger partial charge < -0.3 is 9.88 Å². The van der Waals surface area contributed by atoms with Gasteiger partial charge in [-0.3, -0.25) is 4.79 Å². The van der Waals surface area contributed by atoms with Crippen molar-refractivity contribution in [3.05, 3.63) is 125 Å². The average Bonchev–Trinajstić information content (AvgIpc) is 3.80. The van der Waals surface area contributed by atoms with E-state index in [4.69, 9.17) is 14.6 Å². The average molecular weight is 558 g/mol. The number of fused-ring (bicyclic) bond motifs is 1. The first kappa shape index (κ1) is 28.7. The highest BCUT2D eigenvalue weighted by Gasteiger charge is 2.34. The van der Waals surface area contributed by atoms with Gasteiger partial charge in [-0.25, -0.2) is 4.98 Å². The molecule has 6 nitrogen and oxygen atoms in total. The van der Waals surface area contributed by atoms with Crippen LogP contribution in [0.2, 0.25) is 0 Å². The molecule has 1 N–H and O–H groups in total. The predicted molar refractivity (Wildman–Crippen MR) is 164 cm³/mol. The predicted octanol–water partition coefficient (Wildman–Crippen LogP) is 7.48. The minimum Gasteiger partial charge on any atom is -0.345 e. The van der Waals surface area contributed by atoms with Crippen molar-refractivity contribution in [2.75, 3.05) is 0 Å². The van der Waals surface area contributed by atoms with E-state index in [1.54, 1.807) is 0 Å². The van der Waals surface area contributed by atoms with Crippen LogP contribution >= 0.6 is 0 Å². The Morgan fingerprint density at radius 1 is 0.881 bits per heavy atom. The number of imidazole rings is 1. The lowest BCUT2D eigenvalue weighted by Crippen LogP contribution is -2.30. The van der Waals surface area contributed by atoms with E-state index in [-0.39, 0.29) is 18.1 Å². The fourth-order valence-corrected chi connectivity index (χ4v) is 5.45. The van der Waals surface area contributed by atoms with Crippen molar-refractivity contribution in [1.82, 2.24) is 14.9 Å². The van der Waals surface area contributed by atoms with Crippen LogP contribution in [0.5, 0.6) is 0 Å². The van der Waals surface area contributed by atoms with E-state index in [1.165, 1.54) is 27.8 Å². The summed E-state index contributed by atoms with van der Waals surface area (Å²) in [5.41, 5.74) is 8.71.